The highest BCUT2D eigenvalue weighted by Gasteiger charge is 2.41. The molecular weight excluding hydrogens is 318 g/mol. The minimum absolute atomic E-state index is 0.108. The van der Waals surface area contributed by atoms with Crippen LogP contribution in [0.4, 0.5) is 4.39 Å². The molecule has 0 aliphatic carbocycles. The van der Waals surface area contributed by atoms with Crippen molar-refractivity contribution in [3.8, 4) is 0 Å². The van der Waals surface area contributed by atoms with E-state index in [0.29, 0.717) is 12.8 Å². The number of aliphatic hydroxyl groups is 1. The van der Waals surface area contributed by atoms with Crippen molar-refractivity contribution in [2.24, 2.45) is 5.92 Å². The van der Waals surface area contributed by atoms with Gasteiger partial charge in [0.25, 0.3) is 0 Å². The molecule has 6 heteroatoms. The van der Waals surface area contributed by atoms with Gasteiger partial charge in [0.05, 0.1) is 17.5 Å². The van der Waals surface area contributed by atoms with Crippen LogP contribution in [0.25, 0.3) is 0 Å². The summed E-state index contributed by atoms with van der Waals surface area (Å²) in [6.45, 7) is 5.20. The maximum absolute atomic E-state index is 13.7. The summed E-state index contributed by atoms with van der Waals surface area (Å²) in [6.07, 6.45) is 1.06. The predicted octanol–water partition coefficient (Wildman–Crippen LogP) is 4.32. The van der Waals surface area contributed by atoms with Crippen molar-refractivity contribution < 1.29 is 19.0 Å². The minimum Gasteiger partial charge on any atom is -0.466 e. The normalized spacial score (nSPS) is 15.4. The summed E-state index contributed by atoms with van der Waals surface area (Å²) in [4.78, 5) is 12.1. The fourth-order valence-corrected chi connectivity index (χ4v) is 2.83. The number of rotatable bonds is 6. The molecule has 0 fully saturated rings. The molecule has 0 aromatic heterocycles. The zero-order valence-electron chi connectivity index (χ0n) is 12.3. The number of carbonyl (C=O) groups excluding carboxylic acids is 1. The maximum atomic E-state index is 13.7. The number of halogens is 3. The van der Waals surface area contributed by atoms with Crippen LogP contribution in [0.5, 0.6) is 0 Å². The second-order valence-electron chi connectivity index (χ2n) is 4.99. The SMILES string of the molecule is CCCC(C(=O)OCC)C(C)(O)c1cc(F)c(Cl)cc1Cl. The molecule has 1 aromatic rings. The smallest absolute Gasteiger partial charge is 0.312 e. The first-order valence-corrected chi connectivity index (χ1v) is 7.55. The Morgan fingerprint density at radius 1 is 1.38 bits per heavy atom. The van der Waals surface area contributed by atoms with E-state index in [4.69, 9.17) is 27.9 Å². The summed E-state index contributed by atoms with van der Waals surface area (Å²) < 4.78 is 18.7. The van der Waals surface area contributed by atoms with Gasteiger partial charge in [0.1, 0.15) is 11.4 Å². The van der Waals surface area contributed by atoms with Crippen LogP contribution in [0, 0.1) is 11.7 Å². The molecule has 0 amide bonds. The van der Waals surface area contributed by atoms with E-state index < -0.39 is 23.3 Å². The van der Waals surface area contributed by atoms with Crippen LogP contribution >= 0.6 is 23.2 Å². The molecule has 0 spiro atoms. The quantitative estimate of drug-likeness (QED) is 0.621. The van der Waals surface area contributed by atoms with Gasteiger partial charge in [0.2, 0.25) is 0 Å². The number of benzene rings is 1. The van der Waals surface area contributed by atoms with E-state index >= 15 is 0 Å². The largest absolute Gasteiger partial charge is 0.466 e. The number of hydrogen-bond donors (Lipinski definition) is 1. The highest BCUT2D eigenvalue weighted by atomic mass is 35.5. The standard InChI is InChI=1S/C15H19Cl2FO3/c1-4-6-9(14(19)21-5-2)15(3,20)10-7-13(18)12(17)8-11(10)16/h7-9,20H,4-6H2,1-3H3. The van der Waals surface area contributed by atoms with Gasteiger partial charge < -0.3 is 9.84 Å². The molecule has 2 atom stereocenters. The molecule has 0 saturated heterocycles. The first-order valence-electron chi connectivity index (χ1n) is 6.79. The molecule has 1 N–H and O–H groups in total. The Kier molecular flexibility index (Phi) is 6.44. The van der Waals surface area contributed by atoms with E-state index in [1.165, 1.54) is 13.0 Å². The van der Waals surface area contributed by atoms with Crippen LogP contribution in [0.15, 0.2) is 12.1 Å². The zero-order chi connectivity index (χ0) is 16.2. The third-order valence-corrected chi connectivity index (χ3v) is 3.98. The van der Waals surface area contributed by atoms with E-state index in [1.807, 2.05) is 6.92 Å². The van der Waals surface area contributed by atoms with Gasteiger partial charge in [-0.2, -0.15) is 0 Å². The molecule has 0 heterocycles. The van der Waals surface area contributed by atoms with Gasteiger partial charge in [-0.05, 0) is 32.4 Å². The Morgan fingerprint density at radius 2 is 2.00 bits per heavy atom. The Balaban J connectivity index is 3.28. The van der Waals surface area contributed by atoms with E-state index in [2.05, 4.69) is 0 Å². The summed E-state index contributed by atoms with van der Waals surface area (Å²) >= 11 is 11.7. The molecule has 1 aromatic carbocycles. The summed E-state index contributed by atoms with van der Waals surface area (Å²) in [7, 11) is 0. The van der Waals surface area contributed by atoms with Crippen molar-refractivity contribution in [3.05, 3.63) is 33.6 Å². The number of esters is 1. The van der Waals surface area contributed by atoms with Crippen molar-refractivity contribution in [1.29, 1.82) is 0 Å². The second kappa shape index (κ2) is 7.43. The molecule has 2 unspecified atom stereocenters. The second-order valence-corrected chi connectivity index (χ2v) is 5.80. The van der Waals surface area contributed by atoms with Crippen molar-refractivity contribution >= 4 is 29.2 Å². The molecule has 0 saturated carbocycles. The van der Waals surface area contributed by atoms with Crippen molar-refractivity contribution in [1.82, 2.24) is 0 Å². The highest BCUT2D eigenvalue weighted by molar-refractivity contribution is 6.35. The van der Waals surface area contributed by atoms with Crippen LogP contribution in [0.3, 0.4) is 0 Å². The van der Waals surface area contributed by atoms with Gasteiger partial charge in [0.15, 0.2) is 0 Å². The van der Waals surface area contributed by atoms with Gasteiger partial charge in [-0.3, -0.25) is 4.79 Å². The van der Waals surface area contributed by atoms with E-state index in [9.17, 15) is 14.3 Å². The fraction of sp³-hybridized carbons (Fsp3) is 0.533. The van der Waals surface area contributed by atoms with Crippen LogP contribution < -0.4 is 0 Å². The fourth-order valence-electron chi connectivity index (χ4n) is 2.26. The van der Waals surface area contributed by atoms with E-state index in [1.54, 1.807) is 6.92 Å². The summed E-state index contributed by atoms with van der Waals surface area (Å²) in [5.41, 5.74) is -1.53. The third-order valence-electron chi connectivity index (χ3n) is 3.38. The van der Waals surface area contributed by atoms with Crippen LogP contribution in [-0.4, -0.2) is 17.7 Å². The molecule has 0 bridgehead atoms. The van der Waals surface area contributed by atoms with Gasteiger partial charge in [-0.25, -0.2) is 4.39 Å². The predicted molar refractivity (Wildman–Crippen MR) is 81.0 cm³/mol. The lowest BCUT2D eigenvalue weighted by molar-refractivity contribution is -0.158. The lowest BCUT2D eigenvalue weighted by Gasteiger charge is -2.32. The first-order chi connectivity index (χ1) is 9.75. The van der Waals surface area contributed by atoms with E-state index in [0.717, 1.165) is 6.07 Å². The Morgan fingerprint density at radius 3 is 2.52 bits per heavy atom. The number of hydrogen-bond acceptors (Lipinski definition) is 3. The third kappa shape index (κ3) is 4.09. The minimum atomic E-state index is -1.65. The summed E-state index contributed by atoms with van der Waals surface area (Å²) in [6, 6.07) is 2.28. The molecule has 0 aliphatic rings. The molecule has 1 rings (SSSR count). The Bertz CT molecular complexity index is 518. The molecule has 3 nitrogen and oxygen atoms in total. The number of carbonyl (C=O) groups is 1. The average Bonchev–Trinajstić information content (AvgIpc) is 2.39. The monoisotopic (exact) mass is 336 g/mol. The number of ether oxygens (including phenoxy) is 1. The molecule has 118 valence electrons. The van der Waals surface area contributed by atoms with Crippen molar-refractivity contribution in [2.75, 3.05) is 6.61 Å². The van der Waals surface area contributed by atoms with Gasteiger partial charge in [-0.15, -0.1) is 0 Å². The first kappa shape index (κ1) is 18.2. The Labute approximate surface area is 134 Å². The maximum Gasteiger partial charge on any atom is 0.312 e. The van der Waals surface area contributed by atoms with Crippen molar-refractivity contribution in [2.45, 2.75) is 39.2 Å². The van der Waals surface area contributed by atoms with Gasteiger partial charge in [0, 0.05) is 10.6 Å². The molecule has 0 radical (unpaired) electrons. The lowest BCUT2D eigenvalue weighted by atomic mass is 9.80. The topological polar surface area (TPSA) is 46.5 Å². The summed E-state index contributed by atoms with van der Waals surface area (Å²) in [5.74, 6) is -2.06. The highest BCUT2D eigenvalue weighted by Crippen LogP contribution is 2.39. The summed E-state index contributed by atoms with van der Waals surface area (Å²) in [5, 5.41) is 10.7. The van der Waals surface area contributed by atoms with Crippen molar-refractivity contribution in [3.63, 3.8) is 0 Å². The van der Waals surface area contributed by atoms with Gasteiger partial charge in [-0.1, -0.05) is 36.5 Å². The average molecular weight is 337 g/mol. The van der Waals surface area contributed by atoms with Crippen LogP contribution in [0.2, 0.25) is 10.0 Å². The van der Waals surface area contributed by atoms with Crippen LogP contribution in [-0.2, 0) is 15.1 Å². The Hall–Kier alpha value is -0.840. The van der Waals surface area contributed by atoms with Crippen LogP contribution in [0.1, 0.15) is 39.2 Å². The molecule has 0 aliphatic heterocycles. The van der Waals surface area contributed by atoms with E-state index in [-0.39, 0.29) is 22.2 Å². The molecular formula is C15H19Cl2FO3. The zero-order valence-corrected chi connectivity index (χ0v) is 13.8. The van der Waals surface area contributed by atoms with Gasteiger partial charge >= 0.3 is 5.97 Å². The molecule has 21 heavy (non-hydrogen) atoms. The lowest BCUT2D eigenvalue weighted by Crippen LogP contribution is -2.38.